The first-order valence-electron chi connectivity index (χ1n) is 11.0. The summed E-state index contributed by atoms with van der Waals surface area (Å²) in [6.45, 7) is 2.18. The summed E-state index contributed by atoms with van der Waals surface area (Å²) in [6.07, 6.45) is 3.59. The van der Waals surface area contributed by atoms with Crippen molar-refractivity contribution >= 4 is 11.8 Å². The monoisotopic (exact) mass is 464 g/mol. The molecule has 0 aliphatic carbocycles. The molecular formula is C25H28N4O5. The normalized spacial score (nSPS) is 13.5. The Labute approximate surface area is 198 Å². The summed E-state index contributed by atoms with van der Waals surface area (Å²) in [5, 5.41) is 0. The van der Waals surface area contributed by atoms with Gasteiger partial charge in [-0.05, 0) is 36.4 Å². The Hall–Kier alpha value is -4.01. The first-order chi connectivity index (χ1) is 16.5. The lowest BCUT2D eigenvalue weighted by Gasteiger charge is -2.35. The molecule has 0 bridgehead atoms. The third kappa shape index (κ3) is 5.14. The van der Waals surface area contributed by atoms with E-state index < -0.39 is 0 Å². The van der Waals surface area contributed by atoms with Gasteiger partial charge in [-0.15, -0.1) is 0 Å². The number of aromatic nitrogens is 2. The van der Waals surface area contributed by atoms with Crippen LogP contribution in [0.5, 0.6) is 17.2 Å². The number of piperazine rings is 1. The average Bonchev–Trinajstić information content (AvgIpc) is 3.31. The van der Waals surface area contributed by atoms with Gasteiger partial charge in [0.1, 0.15) is 29.7 Å². The molecule has 34 heavy (non-hydrogen) atoms. The number of methoxy groups -OCH3 is 2. The summed E-state index contributed by atoms with van der Waals surface area (Å²) < 4.78 is 18.2. The molecule has 9 nitrogen and oxygen atoms in total. The first-order valence-corrected chi connectivity index (χ1v) is 11.0. The van der Waals surface area contributed by atoms with Crippen LogP contribution >= 0.6 is 0 Å². The van der Waals surface area contributed by atoms with Gasteiger partial charge in [0.15, 0.2) is 0 Å². The van der Waals surface area contributed by atoms with Crippen LogP contribution in [0.15, 0.2) is 54.9 Å². The fourth-order valence-electron chi connectivity index (χ4n) is 3.79. The summed E-state index contributed by atoms with van der Waals surface area (Å²) in [5.74, 6) is 2.43. The highest BCUT2D eigenvalue weighted by molar-refractivity contribution is 5.96. The van der Waals surface area contributed by atoms with Crippen LogP contribution in [0.2, 0.25) is 0 Å². The van der Waals surface area contributed by atoms with Crippen LogP contribution < -0.4 is 14.2 Å². The third-order valence-corrected chi connectivity index (χ3v) is 5.84. The minimum atomic E-state index is -0.112. The fourth-order valence-corrected chi connectivity index (χ4v) is 3.79. The van der Waals surface area contributed by atoms with Gasteiger partial charge in [-0.1, -0.05) is 0 Å². The molecule has 0 atom stereocenters. The van der Waals surface area contributed by atoms with Gasteiger partial charge < -0.3 is 28.6 Å². The van der Waals surface area contributed by atoms with Gasteiger partial charge in [0.2, 0.25) is 0 Å². The van der Waals surface area contributed by atoms with Crippen LogP contribution in [0.3, 0.4) is 0 Å². The van der Waals surface area contributed by atoms with E-state index in [9.17, 15) is 9.59 Å². The fraction of sp³-hybridized carbons (Fsp3) is 0.320. The number of hydrogen-bond acceptors (Lipinski definition) is 6. The first kappa shape index (κ1) is 23.2. The Morgan fingerprint density at radius 2 is 1.38 bits per heavy atom. The van der Waals surface area contributed by atoms with Crippen molar-refractivity contribution in [2.24, 2.45) is 7.05 Å². The second-order valence-electron chi connectivity index (χ2n) is 7.95. The van der Waals surface area contributed by atoms with E-state index in [1.54, 1.807) is 72.7 Å². The lowest BCUT2D eigenvalue weighted by molar-refractivity contribution is 0.0535. The van der Waals surface area contributed by atoms with E-state index in [2.05, 4.69) is 4.98 Å². The highest BCUT2D eigenvalue weighted by Gasteiger charge is 2.26. The lowest BCUT2D eigenvalue weighted by Crippen LogP contribution is -2.50. The minimum absolute atomic E-state index is 0.0641. The van der Waals surface area contributed by atoms with E-state index in [4.69, 9.17) is 14.2 Å². The number of amides is 2. The van der Waals surface area contributed by atoms with Crippen molar-refractivity contribution in [3.8, 4) is 17.2 Å². The summed E-state index contributed by atoms with van der Waals surface area (Å²) >= 11 is 0. The molecule has 1 aliphatic rings. The Bertz CT molecular complexity index is 1130. The van der Waals surface area contributed by atoms with Gasteiger partial charge in [-0.3, -0.25) is 9.59 Å². The largest absolute Gasteiger partial charge is 0.497 e. The summed E-state index contributed by atoms with van der Waals surface area (Å²) in [5.41, 5.74) is 1.08. The number of carbonyl (C=O) groups is 2. The van der Waals surface area contributed by atoms with E-state index in [0.29, 0.717) is 61.2 Å². The quantitative estimate of drug-likeness (QED) is 0.534. The van der Waals surface area contributed by atoms with E-state index in [-0.39, 0.29) is 11.8 Å². The van der Waals surface area contributed by atoms with Crippen molar-refractivity contribution in [1.29, 1.82) is 0 Å². The second kappa shape index (κ2) is 10.3. The number of carbonyl (C=O) groups excluding carboxylic acids is 2. The molecule has 0 N–H and O–H groups in total. The Morgan fingerprint density at radius 1 is 0.824 bits per heavy atom. The average molecular weight is 465 g/mol. The van der Waals surface area contributed by atoms with Gasteiger partial charge in [0.05, 0.1) is 14.2 Å². The predicted molar refractivity (Wildman–Crippen MR) is 125 cm³/mol. The highest BCUT2D eigenvalue weighted by Crippen LogP contribution is 2.24. The van der Waals surface area contributed by atoms with Crippen molar-refractivity contribution in [3.05, 3.63) is 71.8 Å². The number of ether oxygens (including phenoxy) is 3. The number of aryl methyl sites for hydroxylation is 1. The zero-order valence-corrected chi connectivity index (χ0v) is 19.6. The van der Waals surface area contributed by atoms with E-state index in [0.717, 1.165) is 5.82 Å². The Kier molecular flexibility index (Phi) is 7.01. The zero-order valence-electron chi connectivity index (χ0n) is 19.6. The van der Waals surface area contributed by atoms with Crippen molar-refractivity contribution < 1.29 is 23.8 Å². The van der Waals surface area contributed by atoms with Gasteiger partial charge in [0, 0.05) is 62.8 Å². The van der Waals surface area contributed by atoms with Crippen LogP contribution in [0, 0.1) is 0 Å². The molecule has 1 aromatic heterocycles. The molecule has 1 fully saturated rings. The molecule has 3 aromatic rings. The Balaban J connectivity index is 1.32. The molecule has 0 spiro atoms. The molecule has 0 saturated carbocycles. The molecule has 0 unspecified atom stereocenters. The maximum absolute atomic E-state index is 13.0. The molecule has 1 aliphatic heterocycles. The predicted octanol–water partition coefficient (Wildman–Crippen LogP) is 2.61. The standard InChI is InChI=1S/C25H28N4O5/c1-27-9-8-26-23(27)17-34-20-6-4-18(5-7-20)24(30)28-10-12-29(13-11-28)25(31)19-14-21(32-2)16-22(15-19)33-3/h4-9,14-16H,10-13,17H2,1-3H3. The summed E-state index contributed by atoms with van der Waals surface area (Å²) in [7, 11) is 5.01. The van der Waals surface area contributed by atoms with Gasteiger partial charge >= 0.3 is 0 Å². The number of rotatable bonds is 7. The topological polar surface area (TPSA) is 86.1 Å². The summed E-state index contributed by atoms with van der Waals surface area (Å²) in [4.78, 5) is 33.7. The molecule has 4 rings (SSSR count). The van der Waals surface area contributed by atoms with Crippen LogP contribution in [0.25, 0.3) is 0 Å². The Morgan fingerprint density at radius 3 is 1.88 bits per heavy atom. The van der Waals surface area contributed by atoms with Crippen molar-refractivity contribution in [2.75, 3.05) is 40.4 Å². The van der Waals surface area contributed by atoms with Gasteiger partial charge in [-0.2, -0.15) is 0 Å². The van der Waals surface area contributed by atoms with Gasteiger partial charge in [0.25, 0.3) is 11.8 Å². The van der Waals surface area contributed by atoms with E-state index in [1.807, 2.05) is 17.8 Å². The molecule has 9 heteroatoms. The molecule has 1 saturated heterocycles. The van der Waals surface area contributed by atoms with Crippen LogP contribution in [-0.4, -0.2) is 71.6 Å². The summed E-state index contributed by atoms with van der Waals surface area (Å²) in [6, 6.07) is 12.2. The van der Waals surface area contributed by atoms with Crippen LogP contribution in [0.1, 0.15) is 26.5 Å². The highest BCUT2D eigenvalue weighted by atomic mass is 16.5. The number of imidazole rings is 1. The third-order valence-electron chi connectivity index (χ3n) is 5.84. The molecular weight excluding hydrogens is 436 g/mol. The number of nitrogens with zero attached hydrogens (tertiary/aromatic N) is 4. The molecule has 178 valence electrons. The maximum atomic E-state index is 13.0. The lowest BCUT2D eigenvalue weighted by atomic mass is 10.1. The van der Waals surface area contributed by atoms with Crippen LogP contribution in [0.4, 0.5) is 0 Å². The smallest absolute Gasteiger partial charge is 0.254 e. The minimum Gasteiger partial charge on any atom is -0.497 e. The van der Waals surface area contributed by atoms with Crippen LogP contribution in [-0.2, 0) is 13.7 Å². The zero-order chi connectivity index (χ0) is 24.1. The molecule has 2 heterocycles. The number of hydrogen-bond donors (Lipinski definition) is 0. The SMILES string of the molecule is COc1cc(OC)cc(C(=O)N2CCN(C(=O)c3ccc(OCc4nccn4C)cc3)CC2)c1. The van der Waals surface area contributed by atoms with E-state index >= 15 is 0 Å². The second-order valence-corrected chi connectivity index (χ2v) is 7.95. The molecule has 2 aromatic carbocycles. The van der Waals surface area contributed by atoms with Gasteiger partial charge in [-0.25, -0.2) is 4.98 Å². The van der Waals surface area contributed by atoms with Crippen molar-refractivity contribution in [2.45, 2.75) is 6.61 Å². The van der Waals surface area contributed by atoms with E-state index in [1.165, 1.54) is 0 Å². The van der Waals surface area contributed by atoms with Crippen molar-refractivity contribution in [3.63, 3.8) is 0 Å². The number of benzene rings is 2. The molecule has 2 amide bonds. The maximum Gasteiger partial charge on any atom is 0.254 e. The van der Waals surface area contributed by atoms with Crippen molar-refractivity contribution in [1.82, 2.24) is 19.4 Å². The molecule has 0 radical (unpaired) electrons.